The van der Waals surface area contributed by atoms with Crippen molar-refractivity contribution in [2.45, 2.75) is 31.8 Å². The molecule has 0 aromatic carbocycles. The van der Waals surface area contributed by atoms with E-state index in [1.807, 2.05) is 0 Å². The highest BCUT2D eigenvalue weighted by Gasteiger charge is 2.22. The summed E-state index contributed by atoms with van der Waals surface area (Å²) in [5.41, 5.74) is 8.12. The molecule has 0 radical (unpaired) electrons. The van der Waals surface area contributed by atoms with Crippen molar-refractivity contribution >= 4 is 5.82 Å². The molecule has 0 unspecified atom stereocenters. The van der Waals surface area contributed by atoms with Gasteiger partial charge in [0.15, 0.2) is 0 Å². The quantitative estimate of drug-likeness (QED) is 0.744. The van der Waals surface area contributed by atoms with Gasteiger partial charge >= 0.3 is 0 Å². The Morgan fingerprint density at radius 2 is 2.06 bits per heavy atom. The molecule has 3 heterocycles. The number of fused-ring (bicyclic) bond motifs is 1. The van der Waals surface area contributed by atoms with Gasteiger partial charge in [0.1, 0.15) is 11.6 Å². The van der Waals surface area contributed by atoms with Crippen LogP contribution in [0.4, 0.5) is 5.82 Å². The standard InChI is InChI=1S/C12H18N4O/c13-11-9-3-6-17-7-10(9)15-12(16-11)8-1-4-14-5-2-8/h8,14H,1-7H2,(H2,13,15,16). The van der Waals surface area contributed by atoms with E-state index in [1.54, 1.807) is 0 Å². The zero-order chi connectivity index (χ0) is 11.7. The monoisotopic (exact) mass is 234 g/mol. The lowest BCUT2D eigenvalue weighted by molar-refractivity contribution is 0.107. The van der Waals surface area contributed by atoms with Gasteiger partial charge in [-0.2, -0.15) is 0 Å². The van der Waals surface area contributed by atoms with Gasteiger partial charge < -0.3 is 15.8 Å². The molecule has 3 rings (SSSR count). The third kappa shape index (κ3) is 2.12. The number of aromatic nitrogens is 2. The van der Waals surface area contributed by atoms with Gasteiger partial charge in [-0.1, -0.05) is 0 Å². The Morgan fingerprint density at radius 3 is 2.88 bits per heavy atom. The molecule has 3 N–H and O–H groups in total. The number of hydrogen-bond acceptors (Lipinski definition) is 5. The van der Waals surface area contributed by atoms with Crippen molar-refractivity contribution in [3.63, 3.8) is 0 Å². The van der Waals surface area contributed by atoms with E-state index < -0.39 is 0 Å². The van der Waals surface area contributed by atoms with Gasteiger partial charge in [-0.3, -0.25) is 0 Å². The van der Waals surface area contributed by atoms with Gasteiger partial charge in [0.2, 0.25) is 0 Å². The molecule has 1 fully saturated rings. The first-order valence-corrected chi connectivity index (χ1v) is 6.28. The van der Waals surface area contributed by atoms with Crippen molar-refractivity contribution < 1.29 is 4.74 Å². The summed E-state index contributed by atoms with van der Waals surface area (Å²) < 4.78 is 5.44. The highest BCUT2D eigenvalue weighted by molar-refractivity contribution is 5.43. The van der Waals surface area contributed by atoms with Crippen LogP contribution in [0.1, 0.15) is 35.8 Å². The van der Waals surface area contributed by atoms with Crippen molar-refractivity contribution in [1.29, 1.82) is 0 Å². The molecule has 2 aliphatic rings. The Labute approximate surface area is 101 Å². The molecule has 1 saturated heterocycles. The van der Waals surface area contributed by atoms with Crippen LogP contribution in [0, 0.1) is 0 Å². The van der Waals surface area contributed by atoms with Crippen molar-refractivity contribution in [3.05, 3.63) is 17.1 Å². The number of rotatable bonds is 1. The smallest absolute Gasteiger partial charge is 0.134 e. The van der Waals surface area contributed by atoms with Crippen LogP contribution >= 0.6 is 0 Å². The zero-order valence-electron chi connectivity index (χ0n) is 9.91. The molecule has 17 heavy (non-hydrogen) atoms. The SMILES string of the molecule is Nc1nc(C2CCNCC2)nc2c1CCOC2. The van der Waals surface area contributed by atoms with E-state index >= 15 is 0 Å². The second kappa shape index (κ2) is 4.58. The first-order valence-electron chi connectivity index (χ1n) is 6.28. The first-order chi connectivity index (χ1) is 8.34. The number of ether oxygens (including phenoxy) is 1. The molecule has 1 aromatic rings. The van der Waals surface area contributed by atoms with Gasteiger partial charge in [0.05, 0.1) is 18.9 Å². The van der Waals surface area contributed by atoms with E-state index in [2.05, 4.69) is 15.3 Å². The van der Waals surface area contributed by atoms with Gasteiger partial charge in [0.25, 0.3) is 0 Å². The summed E-state index contributed by atoms with van der Waals surface area (Å²) >= 11 is 0. The van der Waals surface area contributed by atoms with E-state index in [-0.39, 0.29) is 0 Å². The summed E-state index contributed by atoms with van der Waals surface area (Å²) in [7, 11) is 0. The molecule has 0 bridgehead atoms. The topological polar surface area (TPSA) is 73.1 Å². The number of nitrogens with one attached hydrogen (secondary N) is 1. The average molecular weight is 234 g/mol. The number of hydrogen-bond donors (Lipinski definition) is 2. The highest BCUT2D eigenvalue weighted by Crippen LogP contribution is 2.26. The van der Waals surface area contributed by atoms with Crippen LogP contribution in [0.25, 0.3) is 0 Å². The van der Waals surface area contributed by atoms with Crippen LogP contribution in [0.15, 0.2) is 0 Å². The summed E-state index contributed by atoms with van der Waals surface area (Å²) in [6.07, 6.45) is 3.03. The lowest BCUT2D eigenvalue weighted by Crippen LogP contribution is -2.28. The Morgan fingerprint density at radius 1 is 1.24 bits per heavy atom. The fourth-order valence-corrected chi connectivity index (χ4v) is 2.57. The van der Waals surface area contributed by atoms with Crippen LogP contribution in [0.2, 0.25) is 0 Å². The molecule has 0 aliphatic carbocycles. The molecular formula is C12H18N4O. The zero-order valence-corrected chi connectivity index (χ0v) is 9.91. The fourth-order valence-electron chi connectivity index (χ4n) is 2.57. The summed E-state index contributed by atoms with van der Waals surface area (Å²) in [6.45, 7) is 3.40. The second-order valence-electron chi connectivity index (χ2n) is 4.72. The van der Waals surface area contributed by atoms with Crippen LogP contribution in [0.5, 0.6) is 0 Å². The second-order valence-corrected chi connectivity index (χ2v) is 4.72. The molecule has 2 aliphatic heterocycles. The summed E-state index contributed by atoms with van der Waals surface area (Å²) in [4.78, 5) is 9.15. The fraction of sp³-hybridized carbons (Fsp3) is 0.667. The Balaban J connectivity index is 1.92. The largest absolute Gasteiger partial charge is 0.383 e. The van der Waals surface area contributed by atoms with E-state index in [0.717, 1.165) is 56.0 Å². The van der Waals surface area contributed by atoms with Gasteiger partial charge in [0, 0.05) is 17.9 Å². The van der Waals surface area contributed by atoms with E-state index in [4.69, 9.17) is 10.5 Å². The van der Waals surface area contributed by atoms with Crippen molar-refractivity contribution in [2.75, 3.05) is 25.4 Å². The molecule has 5 nitrogen and oxygen atoms in total. The molecule has 1 aromatic heterocycles. The molecule has 0 amide bonds. The predicted octanol–water partition coefficient (Wildman–Crippen LogP) is 0.598. The molecule has 0 saturated carbocycles. The lowest BCUT2D eigenvalue weighted by atomic mass is 9.96. The molecule has 0 atom stereocenters. The Hall–Kier alpha value is -1.20. The maximum absolute atomic E-state index is 6.03. The minimum absolute atomic E-state index is 0.450. The Bertz CT molecular complexity index is 415. The highest BCUT2D eigenvalue weighted by atomic mass is 16.5. The molecule has 5 heteroatoms. The number of piperidine rings is 1. The average Bonchev–Trinajstić information content (AvgIpc) is 2.40. The van der Waals surface area contributed by atoms with Crippen molar-refractivity contribution in [1.82, 2.24) is 15.3 Å². The molecule has 92 valence electrons. The molecular weight excluding hydrogens is 216 g/mol. The maximum Gasteiger partial charge on any atom is 0.134 e. The Kier molecular flexibility index (Phi) is 2.94. The minimum Gasteiger partial charge on any atom is -0.383 e. The van der Waals surface area contributed by atoms with Gasteiger partial charge in [-0.15, -0.1) is 0 Å². The van der Waals surface area contributed by atoms with Crippen molar-refractivity contribution in [3.8, 4) is 0 Å². The van der Waals surface area contributed by atoms with E-state index in [9.17, 15) is 0 Å². The van der Waals surface area contributed by atoms with Crippen LogP contribution in [0.3, 0.4) is 0 Å². The first kappa shape index (κ1) is 10.9. The summed E-state index contributed by atoms with van der Waals surface area (Å²) in [5.74, 6) is 2.02. The summed E-state index contributed by atoms with van der Waals surface area (Å²) in [5, 5.41) is 3.35. The van der Waals surface area contributed by atoms with E-state index in [0.29, 0.717) is 18.3 Å². The molecule has 0 spiro atoms. The predicted molar refractivity (Wildman–Crippen MR) is 64.6 cm³/mol. The number of anilines is 1. The minimum atomic E-state index is 0.450. The summed E-state index contributed by atoms with van der Waals surface area (Å²) in [6, 6.07) is 0. The van der Waals surface area contributed by atoms with Crippen LogP contribution in [-0.2, 0) is 17.8 Å². The lowest BCUT2D eigenvalue weighted by Gasteiger charge is -2.24. The number of nitrogens with zero attached hydrogens (tertiary/aromatic N) is 2. The van der Waals surface area contributed by atoms with Crippen LogP contribution < -0.4 is 11.1 Å². The van der Waals surface area contributed by atoms with E-state index in [1.165, 1.54) is 0 Å². The maximum atomic E-state index is 6.03. The third-order valence-corrected chi connectivity index (χ3v) is 3.58. The van der Waals surface area contributed by atoms with Crippen molar-refractivity contribution in [2.24, 2.45) is 0 Å². The normalized spacial score (nSPS) is 21.2. The number of nitrogens with two attached hydrogens (primary N) is 1. The van der Waals surface area contributed by atoms with Gasteiger partial charge in [-0.25, -0.2) is 9.97 Å². The number of nitrogen functional groups attached to an aromatic ring is 1. The van der Waals surface area contributed by atoms with Gasteiger partial charge in [-0.05, 0) is 25.9 Å². The van der Waals surface area contributed by atoms with Crippen LogP contribution in [-0.4, -0.2) is 29.7 Å². The third-order valence-electron chi connectivity index (χ3n) is 3.58.